The van der Waals surface area contributed by atoms with Gasteiger partial charge in [-0.2, -0.15) is 0 Å². The third-order valence-corrected chi connectivity index (χ3v) is 3.63. The summed E-state index contributed by atoms with van der Waals surface area (Å²) in [5, 5.41) is 0. The van der Waals surface area contributed by atoms with E-state index in [4.69, 9.17) is 0 Å². The molecule has 0 aliphatic carbocycles. The molecule has 0 saturated carbocycles. The molecule has 0 N–H and O–H groups in total. The molecule has 0 spiro atoms. The van der Waals surface area contributed by atoms with Crippen LogP contribution < -0.4 is 0 Å². The molecule has 1 heteroatoms. The second kappa shape index (κ2) is 6.59. The van der Waals surface area contributed by atoms with Crippen LogP contribution in [0.3, 0.4) is 0 Å². The van der Waals surface area contributed by atoms with Crippen molar-refractivity contribution in [1.29, 1.82) is 0 Å². The quantitative estimate of drug-likeness (QED) is 0.516. The molecule has 16 heavy (non-hydrogen) atoms. The Balaban J connectivity index is 2.57. The largest absolute Gasteiger partial charge is 0.122 e. The second-order valence-corrected chi connectivity index (χ2v) is 5.25. The molecule has 0 aliphatic rings. The van der Waals surface area contributed by atoms with Gasteiger partial charge in [0.25, 0.3) is 0 Å². The van der Waals surface area contributed by atoms with E-state index in [1.54, 1.807) is 0 Å². The fourth-order valence-corrected chi connectivity index (χ4v) is 2.08. The molecular weight excluding hydrogens is 212 g/mol. The van der Waals surface area contributed by atoms with Crippen molar-refractivity contribution in [2.75, 3.05) is 5.75 Å². The number of rotatable bonds is 5. The van der Waals surface area contributed by atoms with Gasteiger partial charge in [-0.25, -0.2) is 0 Å². The van der Waals surface area contributed by atoms with Crippen LogP contribution in [0.25, 0.3) is 0 Å². The van der Waals surface area contributed by atoms with Crippen LogP contribution in [0.15, 0.2) is 53.0 Å². The first-order valence-electron chi connectivity index (χ1n) is 5.59. The average molecular weight is 232 g/mol. The van der Waals surface area contributed by atoms with Gasteiger partial charge in [0, 0.05) is 10.6 Å². The van der Waals surface area contributed by atoms with Crippen molar-refractivity contribution in [3.05, 3.63) is 53.6 Å². The molecule has 0 radical (unpaired) electrons. The lowest BCUT2D eigenvalue weighted by atomic mass is 10.1. The lowest BCUT2D eigenvalue weighted by Gasteiger charge is -2.04. The summed E-state index contributed by atoms with van der Waals surface area (Å²) in [4.78, 5) is 1.32. The lowest BCUT2D eigenvalue weighted by Crippen LogP contribution is -1.86. The minimum Gasteiger partial charge on any atom is -0.122 e. The maximum atomic E-state index is 3.91. The number of allylic oxidation sites excluding steroid dienone is 2. The van der Waals surface area contributed by atoms with Crippen LogP contribution in [0.4, 0.5) is 0 Å². The van der Waals surface area contributed by atoms with E-state index in [0.29, 0.717) is 0 Å². The summed E-state index contributed by atoms with van der Waals surface area (Å²) in [7, 11) is 0. The van der Waals surface area contributed by atoms with Gasteiger partial charge in [-0.15, -0.1) is 11.8 Å². The maximum Gasteiger partial charge on any atom is 0.0185 e. The summed E-state index contributed by atoms with van der Waals surface area (Å²) in [6, 6.07) is 8.83. The number of hydrogen-bond donors (Lipinski definition) is 0. The van der Waals surface area contributed by atoms with Gasteiger partial charge < -0.3 is 0 Å². The number of benzene rings is 1. The lowest BCUT2D eigenvalue weighted by molar-refractivity contribution is 1.13. The average Bonchev–Trinajstić information content (AvgIpc) is 2.28. The minimum atomic E-state index is 1.01. The van der Waals surface area contributed by atoms with Gasteiger partial charge in [0.15, 0.2) is 0 Å². The summed E-state index contributed by atoms with van der Waals surface area (Å²) < 4.78 is 0. The highest BCUT2D eigenvalue weighted by molar-refractivity contribution is 7.99. The van der Waals surface area contributed by atoms with Crippen molar-refractivity contribution in [2.24, 2.45) is 0 Å². The van der Waals surface area contributed by atoms with Gasteiger partial charge in [-0.05, 0) is 44.9 Å². The molecule has 0 aromatic heterocycles. The predicted molar refractivity (Wildman–Crippen MR) is 75.1 cm³/mol. The summed E-state index contributed by atoms with van der Waals surface area (Å²) in [6.07, 6.45) is 3.23. The molecule has 1 aromatic rings. The van der Waals surface area contributed by atoms with Crippen LogP contribution in [-0.4, -0.2) is 5.75 Å². The van der Waals surface area contributed by atoms with Gasteiger partial charge in [0.2, 0.25) is 0 Å². The Morgan fingerprint density at radius 2 is 1.88 bits per heavy atom. The molecule has 0 atom stereocenters. The highest BCUT2D eigenvalue weighted by atomic mass is 32.2. The Morgan fingerprint density at radius 1 is 1.25 bits per heavy atom. The molecular formula is C15H20S. The van der Waals surface area contributed by atoms with E-state index in [2.05, 4.69) is 57.7 Å². The fourth-order valence-electron chi connectivity index (χ4n) is 1.33. The van der Waals surface area contributed by atoms with Gasteiger partial charge >= 0.3 is 0 Å². The van der Waals surface area contributed by atoms with E-state index >= 15 is 0 Å². The zero-order valence-electron chi connectivity index (χ0n) is 10.4. The molecule has 1 aromatic carbocycles. The van der Waals surface area contributed by atoms with Crippen molar-refractivity contribution in [1.82, 2.24) is 0 Å². The van der Waals surface area contributed by atoms with Gasteiger partial charge in [-0.3, -0.25) is 0 Å². The fraction of sp³-hybridized carbons (Fsp3) is 0.333. The monoisotopic (exact) mass is 232 g/mol. The van der Waals surface area contributed by atoms with Crippen molar-refractivity contribution < 1.29 is 0 Å². The third-order valence-electron chi connectivity index (χ3n) is 2.38. The highest BCUT2D eigenvalue weighted by Crippen LogP contribution is 2.21. The molecule has 0 nitrogen and oxygen atoms in total. The van der Waals surface area contributed by atoms with Gasteiger partial charge in [0.05, 0.1) is 0 Å². The normalized spacial score (nSPS) is 11.6. The van der Waals surface area contributed by atoms with Gasteiger partial charge in [-0.1, -0.05) is 35.9 Å². The predicted octanol–water partition coefficient (Wildman–Crippen LogP) is 4.86. The standard InChI is InChI=1S/C15H20S/c1-5-13(4)10-14-6-8-15(9-7-14)16-11-12(2)3/h5-9H,2,10-11H2,1,3-4H3/b13-5+. The van der Waals surface area contributed by atoms with E-state index in [1.165, 1.54) is 21.6 Å². The highest BCUT2D eigenvalue weighted by Gasteiger charge is 1.97. The molecule has 0 saturated heterocycles. The van der Waals surface area contributed by atoms with Crippen molar-refractivity contribution in [3.8, 4) is 0 Å². The van der Waals surface area contributed by atoms with Crippen molar-refractivity contribution >= 4 is 11.8 Å². The van der Waals surface area contributed by atoms with Crippen LogP contribution in [0.5, 0.6) is 0 Å². The van der Waals surface area contributed by atoms with Crippen LogP contribution in [-0.2, 0) is 6.42 Å². The molecule has 0 amide bonds. The molecule has 0 unspecified atom stereocenters. The number of thioether (sulfide) groups is 1. The molecule has 0 heterocycles. The van der Waals surface area contributed by atoms with E-state index < -0.39 is 0 Å². The summed E-state index contributed by atoms with van der Waals surface area (Å²) >= 11 is 1.85. The minimum absolute atomic E-state index is 1.01. The molecule has 0 aliphatic heterocycles. The van der Waals surface area contributed by atoms with E-state index in [9.17, 15) is 0 Å². The first-order valence-corrected chi connectivity index (χ1v) is 6.58. The first-order chi connectivity index (χ1) is 7.61. The zero-order chi connectivity index (χ0) is 12.0. The van der Waals surface area contributed by atoms with Crippen LogP contribution in [0, 0.1) is 0 Å². The molecule has 0 bridgehead atoms. The Kier molecular flexibility index (Phi) is 5.41. The summed E-state index contributed by atoms with van der Waals surface area (Å²) in [6.45, 7) is 10.2. The Hall–Kier alpha value is -0.950. The summed E-state index contributed by atoms with van der Waals surface area (Å²) in [5.41, 5.74) is 4.02. The van der Waals surface area contributed by atoms with E-state index in [0.717, 1.165) is 12.2 Å². The molecule has 86 valence electrons. The van der Waals surface area contributed by atoms with Crippen LogP contribution >= 0.6 is 11.8 Å². The Bertz CT molecular complexity index is 371. The SMILES string of the molecule is C=C(C)CSc1ccc(C/C(C)=C/C)cc1. The van der Waals surface area contributed by atoms with Crippen molar-refractivity contribution in [3.63, 3.8) is 0 Å². The van der Waals surface area contributed by atoms with Crippen molar-refractivity contribution in [2.45, 2.75) is 32.1 Å². The summed E-state index contributed by atoms with van der Waals surface area (Å²) in [5.74, 6) is 1.01. The van der Waals surface area contributed by atoms with Crippen LogP contribution in [0.2, 0.25) is 0 Å². The maximum absolute atomic E-state index is 3.91. The zero-order valence-corrected chi connectivity index (χ0v) is 11.2. The Morgan fingerprint density at radius 3 is 2.38 bits per heavy atom. The third kappa shape index (κ3) is 4.71. The van der Waals surface area contributed by atoms with E-state index in [-0.39, 0.29) is 0 Å². The topological polar surface area (TPSA) is 0 Å². The Labute approximate surface area is 103 Å². The molecule has 0 fully saturated rings. The second-order valence-electron chi connectivity index (χ2n) is 4.20. The van der Waals surface area contributed by atoms with E-state index in [1.807, 2.05) is 11.8 Å². The van der Waals surface area contributed by atoms with Gasteiger partial charge in [0.1, 0.15) is 0 Å². The first kappa shape index (κ1) is 13.1. The number of hydrogen-bond acceptors (Lipinski definition) is 1. The van der Waals surface area contributed by atoms with Crippen LogP contribution in [0.1, 0.15) is 26.3 Å². The molecule has 1 rings (SSSR count). The smallest absolute Gasteiger partial charge is 0.0185 e.